The molecule has 0 amide bonds. The molecule has 4 rings (SSSR count). The van der Waals surface area contributed by atoms with Crippen LogP contribution in [-0.2, 0) is 25.7 Å². The molecule has 5 nitrogen and oxygen atoms in total. The van der Waals surface area contributed by atoms with Crippen LogP contribution in [0.15, 0.2) is 29.2 Å². The lowest BCUT2D eigenvalue weighted by molar-refractivity contribution is -0.145. The fourth-order valence-electron chi connectivity index (χ4n) is 3.42. The van der Waals surface area contributed by atoms with Crippen molar-refractivity contribution in [2.24, 2.45) is 0 Å². The highest BCUT2D eigenvalue weighted by molar-refractivity contribution is 5.83. The summed E-state index contributed by atoms with van der Waals surface area (Å²) in [6.45, 7) is 3.48. The Balaban J connectivity index is 1.59. The van der Waals surface area contributed by atoms with E-state index in [1.54, 1.807) is 0 Å². The van der Waals surface area contributed by atoms with Crippen LogP contribution in [0.25, 0.3) is 10.9 Å². The predicted molar refractivity (Wildman–Crippen MR) is 90.7 cm³/mol. The van der Waals surface area contributed by atoms with Gasteiger partial charge in [0.05, 0.1) is 11.3 Å². The maximum atomic E-state index is 12.8. The maximum absolute atomic E-state index is 12.8. The van der Waals surface area contributed by atoms with Crippen LogP contribution in [0.5, 0.6) is 0 Å². The van der Waals surface area contributed by atoms with Crippen LogP contribution < -0.4 is 5.56 Å². The number of halogens is 3. The van der Waals surface area contributed by atoms with Crippen molar-refractivity contribution >= 4 is 10.9 Å². The SMILES string of the molecule is Cc1ccc2c(CN3CCc4nc(C(F)(F)F)[nH]c(=O)c4C3)c[nH]c2c1. The first kappa shape index (κ1) is 16.8. The average molecular weight is 362 g/mol. The number of nitrogens with one attached hydrogen (secondary N) is 2. The lowest BCUT2D eigenvalue weighted by atomic mass is 10.1. The Labute approximate surface area is 146 Å². The van der Waals surface area contributed by atoms with E-state index in [4.69, 9.17) is 0 Å². The Morgan fingerprint density at radius 2 is 2.12 bits per heavy atom. The summed E-state index contributed by atoms with van der Waals surface area (Å²) in [7, 11) is 0. The van der Waals surface area contributed by atoms with Gasteiger partial charge in [-0.2, -0.15) is 13.2 Å². The predicted octanol–water partition coefficient (Wildman–Crippen LogP) is 3.14. The molecule has 0 fully saturated rings. The second-order valence-corrected chi connectivity index (χ2v) is 6.66. The van der Waals surface area contributed by atoms with Gasteiger partial charge in [-0.25, -0.2) is 4.98 Å². The van der Waals surface area contributed by atoms with E-state index in [2.05, 4.69) is 27.0 Å². The largest absolute Gasteiger partial charge is 0.449 e. The number of benzene rings is 1. The van der Waals surface area contributed by atoms with Gasteiger partial charge in [0.1, 0.15) is 0 Å². The second-order valence-electron chi connectivity index (χ2n) is 6.66. The number of fused-ring (bicyclic) bond motifs is 2. The third kappa shape index (κ3) is 3.01. The summed E-state index contributed by atoms with van der Waals surface area (Å²) >= 11 is 0. The number of alkyl halides is 3. The molecule has 136 valence electrons. The fraction of sp³-hybridized carbons (Fsp3) is 0.333. The molecule has 3 aromatic rings. The van der Waals surface area contributed by atoms with Gasteiger partial charge >= 0.3 is 6.18 Å². The number of nitrogens with zero attached hydrogens (tertiary/aromatic N) is 2. The van der Waals surface area contributed by atoms with Crippen LogP contribution >= 0.6 is 0 Å². The minimum absolute atomic E-state index is 0.242. The van der Waals surface area contributed by atoms with Gasteiger partial charge in [0.15, 0.2) is 0 Å². The van der Waals surface area contributed by atoms with E-state index in [0.29, 0.717) is 25.1 Å². The van der Waals surface area contributed by atoms with Crippen LogP contribution in [0.4, 0.5) is 13.2 Å². The minimum atomic E-state index is -4.65. The zero-order chi connectivity index (χ0) is 18.5. The van der Waals surface area contributed by atoms with Crippen LogP contribution in [0.3, 0.4) is 0 Å². The molecular weight excluding hydrogens is 345 g/mol. The zero-order valence-corrected chi connectivity index (χ0v) is 14.1. The Kier molecular flexibility index (Phi) is 3.87. The van der Waals surface area contributed by atoms with E-state index in [1.165, 1.54) is 0 Å². The Hall–Kier alpha value is -2.61. The number of hydrogen-bond donors (Lipinski definition) is 2. The van der Waals surface area contributed by atoms with E-state index in [9.17, 15) is 18.0 Å². The van der Waals surface area contributed by atoms with Gasteiger partial charge in [0.2, 0.25) is 5.82 Å². The van der Waals surface area contributed by atoms with E-state index < -0.39 is 17.6 Å². The molecule has 0 unspecified atom stereocenters. The van der Waals surface area contributed by atoms with Crippen LogP contribution in [-0.4, -0.2) is 26.4 Å². The van der Waals surface area contributed by atoms with E-state index >= 15 is 0 Å². The van der Waals surface area contributed by atoms with E-state index in [0.717, 1.165) is 22.0 Å². The minimum Gasteiger partial charge on any atom is -0.361 e. The van der Waals surface area contributed by atoms with Crippen molar-refractivity contribution in [1.82, 2.24) is 19.9 Å². The van der Waals surface area contributed by atoms with Crippen LogP contribution in [0, 0.1) is 6.92 Å². The first-order valence-electron chi connectivity index (χ1n) is 8.29. The monoisotopic (exact) mass is 362 g/mol. The molecule has 1 aliphatic heterocycles. The van der Waals surface area contributed by atoms with E-state index in [-0.39, 0.29) is 12.2 Å². The normalized spacial score (nSPS) is 15.4. The summed E-state index contributed by atoms with van der Waals surface area (Å²) in [6, 6.07) is 6.16. The Bertz CT molecular complexity index is 1040. The molecule has 2 aromatic heterocycles. The average Bonchev–Trinajstić information content (AvgIpc) is 2.96. The molecule has 26 heavy (non-hydrogen) atoms. The van der Waals surface area contributed by atoms with Crippen LogP contribution in [0.2, 0.25) is 0 Å². The van der Waals surface area contributed by atoms with E-state index in [1.807, 2.05) is 24.2 Å². The number of H-pyrrole nitrogens is 2. The summed E-state index contributed by atoms with van der Waals surface area (Å²) in [4.78, 5) is 22.9. The number of aromatic amines is 2. The lowest BCUT2D eigenvalue weighted by Crippen LogP contribution is -2.36. The molecule has 0 saturated heterocycles. The van der Waals surface area contributed by atoms with Crippen molar-refractivity contribution in [3.63, 3.8) is 0 Å². The number of aryl methyl sites for hydroxylation is 1. The highest BCUT2D eigenvalue weighted by atomic mass is 19.4. The Morgan fingerprint density at radius 1 is 1.31 bits per heavy atom. The summed E-state index contributed by atoms with van der Waals surface area (Å²) < 4.78 is 38.4. The lowest BCUT2D eigenvalue weighted by Gasteiger charge is -2.27. The molecule has 2 N–H and O–H groups in total. The van der Waals surface area contributed by atoms with Gasteiger partial charge in [-0.05, 0) is 24.1 Å². The van der Waals surface area contributed by atoms with Gasteiger partial charge in [-0.1, -0.05) is 12.1 Å². The summed E-state index contributed by atoms with van der Waals surface area (Å²) in [5, 5.41) is 1.11. The molecule has 0 aliphatic carbocycles. The zero-order valence-electron chi connectivity index (χ0n) is 14.1. The van der Waals surface area contributed by atoms with Crippen molar-refractivity contribution in [2.75, 3.05) is 6.54 Å². The summed E-state index contributed by atoms with van der Waals surface area (Å²) in [5.74, 6) is -1.22. The van der Waals surface area contributed by atoms with Crippen molar-refractivity contribution in [3.8, 4) is 0 Å². The molecule has 1 aliphatic rings. The highest BCUT2D eigenvalue weighted by Crippen LogP contribution is 2.27. The van der Waals surface area contributed by atoms with Crippen molar-refractivity contribution in [3.05, 3.63) is 63.0 Å². The highest BCUT2D eigenvalue weighted by Gasteiger charge is 2.36. The first-order chi connectivity index (χ1) is 12.3. The molecule has 0 atom stereocenters. The standard InChI is InChI=1S/C18H17F3N4O/c1-10-2-3-12-11(7-22-15(12)6-10)8-25-5-4-14-13(9-25)16(26)24-17(23-14)18(19,20)21/h2-3,6-7,22H,4-5,8-9H2,1H3,(H,23,24,26). The number of rotatable bonds is 2. The second kappa shape index (κ2) is 5.98. The molecule has 3 heterocycles. The third-order valence-corrected chi connectivity index (χ3v) is 4.73. The molecule has 0 bridgehead atoms. The smallest absolute Gasteiger partial charge is 0.361 e. The summed E-state index contributed by atoms with van der Waals surface area (Å²) in [5.41, 5.74) is 3.16. The van der Waals surface area contributed by atoms with Gasteiger partial charge in [-0.15, -0.1) is 0 Å². The molecule has 0 saturated carbocycles. The molecular formula is C18H17F3N4O. The Morgan fingerprint density at radius 3 is 2.88 bits per heavy atom. The number of aromatic nitrogens is 3. The van der Waals surface area contributed by atoms with Crippen molar-refractivity contribution in [1.29, 1.82) is 0 Å². The van der Waals surface area contributed by atoms with Gasteiger partial charge in [-0.3, -0.25) is 9.69 Å². The number of hydrogen-bond acceptors (Lipinski definition) is 3. The van der Waals surface area contributed by atoms with Crippen molar-refractivity contribution in [2.45, 2.75) is 32.6 Å². The third-order valence-electron chi connectivity index (χ3n) is 4.73. The maximum Gasteiger partial charge on any atom is 0.449 e. The quantitative estimate of drug-likeness (QED) is 0.736. The molecule has 8 heteroatoms. The van der Waals surface area contributed by atoms with Gasteiger partial charge < -0.3 is 9.97 Å². The fourth-order valence-corrected chi connectivity index (χ4v) is 3.42. The van der Waals surface area contributed by atoms with Crippen LogP contribution in [0.1, 0.15) is 28.2 Å². The van der Waals surface area contributed by atoms with Gasteiger partial charge in [0, 0.05) is 43.2 Å². The topological polar surface area (TPSA) is 64.8 Å². The molecule has 0 radical (unpaired) electrons. The summed E-state index contributed by atoms with van der Waals surface area (Å²) in [6.07, 6.45) is -2.38. The molecule has 1 aromatic carbocycles. The molecule has 0 spiro atoms. The van der Waals surface area contributed by atoms with Gasteiger partial charge in [0.25, 0.3) is 5.56 Å². The van der Waals surface area contributed by atoms with Crippen molar-refractivity contribution < 1.29 is 13.2 Å². The first-order valence-corrected chi connectivity index (χ1v) is 8.29.